The molecule has 0 radical (unpaired) electrons. The standard InChI is InChI=1S/C20H18BrCl3N4O/c1-11-19(21)12(2)28(27-11)10-14-6-13(4-5-18(14)29-3)9-25-26-20-16(23)7-15(22)8-17(20)24/h4-9,26H,10H2,1-3H3/b25-9+. The van der Waals surface area contributed by atoms with E-state index in [-0.39, 0.29) is 0 Å². The topological polar surface area (TPSA) is 51.4 Å². The minimum Gasteiger partial charge on any atom is -0.496 e. The highest BCUT2D eigenvalue weighted by molar-refractivity contribution is 9.10. The van der Waals surface area contributed by atoms with Gasteiger partial charge in [0.25, 0.3) is 0 Å². The molecular formula is C20H18BrCl3N4O. The molecule has 1 aromatic heterocycles. The summed E-state index contributed by atoms with van der Waals surface area (Å²) >= 11 is 21.8. The number of rotatable bonds is 6. The van der Waals surface area contributed by atoms with E-state index in [9.17, 15) is 0 Å². The largest absolute Gasteiger partial charge is 0.496 e. The van der Waals surface area contributed by atoms with Crippen LogP contribution in [0.15, 0.2) is 39.9 Å². The Morgan fingerprint density at radius 2 is 1.86 bits per heavy atom. The summed E-state index contributed by atoms with van der Waals surface area (Å²) in [6, 6.07) is 9.02. The van der Waals surface area contributed by atoms with E-state index in [0.29, 0.717) is 27.3 Å². The SMILES string of the molecule is COc1ccc(/C=N/Nc2c(Cl)cc(Cl)cc2Cl)cc1Cn1nc(C)c(Br)c1C. The number of benzene rings is 2. The Hall–Kier alpha value is -1.73. The third kappa shape index (κ3) is 5.07. The van der Waals surface area contributed by atoms with E-state index in [1.165, 1.54) is 0 Å². The van der Waals surface area contributed by atoms with E-state index in [2.05, 4.69) is 31.6 Å². The molecule has 0 aliphatic rings. The van der Waals surface area contributed by atoms with E-state index in [1.54, 1.807) is 25.5 Å². The van der Waals surface area contributed by atoms with Crippen LogP contribution in [0.4, 0.5) is 5.69 Å². The average molecular weight is 517 g/mol. The summed E-state index contributed by atoms with van der Waals surface area (Å²) in [6.07, 6.45) is 1.68. The lowest BCUT2D eigenvalue weighted by Crippen LogP contribution is -2.06. The number of nitrogens with zero attached hydrogens (tertiary/aromatic N) is 3. The fourth-order valence-electron chi connectivity index (χ4n) is 2.81. The van der Waals surface area contributed by atoms with Gasteiger partial charge in [-0.1, -0.05) is 34.8 Å². The summed E-state index contributed by atoms with van der Waals surface area (Å²) < 4.78 is 8.45. The maximum atomic E-state index is 6.17. The first-order chi connectivity index (χ1) is 13.8. The quantitative estimate of drug-likeness (QED) is 0.292. The van der Waals surface area contributed by atoms with Gasteiger partial charge >= 0.3 is 0 Å². The summed E-state index contributed by atoms with van der Waals surface area (Å²) in [6.45, 7) is 4.56. The van der Waals surface area contributed by atoms with Crippen molar-refractivity contribution in [2.24, 2.45) is 5.10 Å². The van der Waals surface area contributed by atoms with Crippen LogP contribution < -0.4 is 10.2 Å². The second kappa shape index (κ2) is 9.39. The van der Waals surface area contributed by atoms with Crippen LogP contribution in [-0.4, -0.2) is 23.1 Å². The molecular weight excluding hydrogens is 499 g/mol. The lowest BCUT2D eigenvalue weighted by Gasteiger charge is -2.11. The summed E-state index contributed by atoms with van der Waals surface area (Å²) in [5.41, 5.74) is 7.23. The normalized spacial score (nSPS) is 11.3. The highest BCUT2D eigenvalue weighted by atomic mass is 79.9. The molecule has 0 saturated carbocycles. The summed E-state index contributed by atoms with van der Waals surface area (Å²) in [4.78, 5) is 0. The van der Waals surface area contributed by atoms with Crippen molar-refractivity contribution in [3.8, 4) is 5.75 Å². The van der Waals surface area contributed by atoms with Crippen LogP contribution in [0.25, 0.3) is 0 Å². The van der Waals surface area contributed by atoms with Gasteiger partial charge < -0.3 is 4.74 Å². The van der Waals surface area contributed by atoms with Crippen LogP contribution >= 0.6 is 50.7 Å². The molecule has 0 aliphatic heterocycles. The van der Waals surface area contributed by atoms with Crippen molar-refractivity contribution < 1.29 is 4.74 Å². The molecule has 0 unspecified atom stereocenters. The Morgan fingerprint density at radius 1 is 1.17 bits per heavy atom. The summed E-state index contributed by atoms with van der Waals surface area (Å²) in [5, 5.41) is 10.1. The van der Waals surface area contributed by atoms with Gasteiger partial charge in [-0.15, -0.1) is 0 Å². The zero-order valence-corrected chi connectivity index (χ0v) is 19.8. The molecule has 1 N–H and O–H groups in total. The van der Waals surface area contributed by atoms with E-state index in [4.69, 9.17) is 39.5 Å². The molecule has 9 heteroatoms. The van der Waals surface area contributed by atoms with Crippen molar-refractivity contribution in [3.05, 3.63) is 72.4 Å². The van der Waals surface area contributed by atoms with Crippen molar-refractivity contribution in [3.63, 3.8) is 0 Å². The molecule has 29 heavy (non-hydrogen) atoms. The second-order valence-electron chi connectivity index (χ2n) is 6.33. The molecule has 3 aromatic rings. The number of aromatic nitrogens is 2. The zero-order chi connectivity index (χ0) is 21.1. The second-order valence-corrected chi connectivity index (χ2v) is 8.37. The van der Waals surface area contributed by atoms with Crippen LogP contribution in [0.5, 0.6) is 5.75 Å². The van der Waals surface area contributed by atoms with Crippen molar-refractivity contribution in [2.45, 2.75) is 20.4 Å². The molecule has 0 fully saturated rings. The molecule has 0 spiro atoms. The van der Waals surface area contributed by atoms with Crippen LogP contribution in [0, 0.1) is 13.8 Å². The van der Waals surface area contributed by atoms with Gasteiger partial charge in [-0.25, -0.2) is 0 Å². The first-order valence-corrected chi connectivity index (χ1v) is 10.5. The first-order valence-electron chi connectivity index (χ1n) is 8.60. The Labute approximate surface area is 192 Å². The summed E-state index contributed by atoms with van der Waals surface area (Å²) in [5.74, 6) is 0.780. The third-order valence-corrected chi connectivity index (χ3v) is 6.28. The fraction of sp³-hybridized carbons (Fsp3) is 0.200. The monoisotopic (exact) mass is 514 g/mol. The van der Waals surface area contributed by atoms with Gasteiger partial charge in [0.2, 0.25) is 0 Å². The molecule has 0 atom stereocenters. The Morgan fingerprint density at radius 3 is 2.45 bits per heavy atom. The van der Waals surface area contributed by atoms with Crippen LogP contribution in [0.1, 0.15) is 22.5 Å². The number of methoxy groups -OCH3 is 1. The zero-order valence-electron chi connectivity index (χ0n) is 15.9. The lowest BCUT2D eigenvalue weighted by atomic mass is 10.1. The molecule has 0 amide bonds. The molecule has 5 nitrogen and oxygen atoms in total. The van der Waals surface area contributed by atoms with Crippen LogP contribution in [-0.2, 0) is 6.54 Å². The molecule has 2 aromatic carbocycles. The minimum atomic E-state index is 0.394. The highest BCUT2D eigenvalue weighted by Gasteiger charge is 2.12. The van der Waals surface area contributed by atoms with Gasteiger partial charge in [-0.3, -0.25) is 10.1 Å². The number of anilines is 1. The average Bonchev–Trinajstić information content (AvgIpc) is 2.91. The molecule has 3 rings (SSSR count). The fourth-order valence-corrected chi connectivity index (χ4v) is 4.00. The number of aryl methyl sites for hydroxylation is 1. The van der Waals surface area contributed by atoms with E-state index in [0.717, 1.165) is 32.7 Å². The predicted octanol–water partition coefficient (Wildman–Crippen LogP) is 6.73. The Balaban J connectivity index is 1.83. The molecule has 0 aliphatic carbocycles. The van der Waals surface area contributed by atoms with E-state index < -0.39 is 0 Å². The van der Waals surface area contributed by atoms with Crippen molar-refractivity contribution in [1.29, 1.82) is 0 Å². The van der Waals surface area contributed by atoms with Crippen molar-refractivity contribution >= 4 is 62.6 Å². The molecule has 1 heterocycles. The van der Waals surface area contributed by atoms with Gasteiger partial charge in [-0.2, -0.15) is 10.2 Å². The Bertz CT molecular complexity index is 1060. The Kier molecular flexibility index (Phi) is 7.11. The van der Waals surface area contributed by atoms with Gasteiger partial charge in [-0.05, 0) is 65.7 Å². The number of hydrogen-bond acceptors (Lipinski definition) is 4. The number of hydrazone groups is 1. The maximum absolute atomic E-state index is 6.17. The molecule has 0 bridgehead atoms. The maximum Gasteiger partial charge on any atom is 0.123 e. The van der Waals surface area contributed by atoms with Crippen molar-refractivity contribution in [1.82, 2.24) is 9.78 Å². The third-order valence-electron chi connectivity index (χ3n) is 4.31. The number of nitrogens with one attached hydrogen (secondary N) is 1. The number of hydrogen-bond donors (Lipinski definition) is 1. The van der Waals surface area contributed by atoms with Crippen molar-refractivity contribution in [2.75, 3.05) is 12.5 Å². The highest BCUT2D eigenvalue weighted by Crippen LogP contribution is 2.33. The van der Waals surface area contributed by atoms with Crippen LogP contribution in [0.3, 0.4) is 0 Å². The predicted molar refractivity (Wildman–Crippen MR) is 124 cm³/mol. The molecule has 152 valence electrons. The number of ether oxygens (including phenoxy) is 1. The van der Waals surface area contributed by atoms with Gasteiger partial charge in [0, 0.05) is 10.6 Å². The number of halogens is 4. The lowest BCUT2D eigenvalue weighted by molar-refractivity contribution is 0.407. The van der Waals surface area contributed by atoms with Gasteiger partial charge in [0.1, 0.15) is 5.75 Å². The first kappa shape index (κ1) is 22.0. The minimum absolute atomic E-state index is 0.394. The van der Waals surface area contributed by atoms with E-state index in [1.807, 2.05) is 36.7 Å². The van der Waals surface area contributed by atoms with Crippen LogP contribution in [0.2, 0.25) is 15.1 Å². The summed E-state index contributed by atoms with van der Waals surface area (Å²) in [7, 11) is 1.65. The smallest absolute Gasteiger partial charge is 0.123 e. The molecule has 0 saturated heterocycles. The van der Waals surface area contributed by atoms with Gasteiger partial charge in [0.05, 0.1) is 51.5 Å². The van der Waals surface area contributed by atoms with E-state index >= 15 is 0 Å². The van der Waals surface area contributed by atoms with Gasteiger partial charge in [0.15, 0.2) is 0 Å².